The summed E-state index contributed by atoms with van der Waals surface area (Å²) in [5, 5.41) is 5.31. The predicted molar refractivity (Wildman–Crippen MR) is 78.4 cm³/mol. The maximum absolute atomic E-state index is 12.0. The van der Waals surface area contributed by atoms with Crippen LogP contribution in [0.2, 0.25) is 0 Å². The minimum absolute atomic E-state index is 0.0242. The van der Waals surface area contributed by atoms with Crippen LogP contribution in [-0.4, -0.2) is 30.7 Å². The Labute approximate surface area is 123 Å². The molecule has 0 spiro atoms. The van der Waals surface area contributed by atoms with E-state index >= 15 is 0 Å². The number of nitrogens with one attached hydrogen (secondary N) is 2. The highest BCUT2D eigenvalue weighted by molar-refractivity contribution is 5.87. The van der Waals surface area contributed by atoms with E-state index in [9.17, 15) is 9.59 Å². The van der Waals surface area contributed by atoms with E-state index in [0.717, 1.165) is 12.0 Å². The molecule has 1 aromatic rings. The van der Waals surface area contributed by atoms with Crippen LogP contribution in [0, 0.1) is 0 Å². The maximum Gasteiger partial charge on any atom is 0.316 e. The lowest BCUT2D eigenvalue weighted by molar-refractivity contribution is -0.132. The zero-order valence-electron chi connectivity index (χ0n) is 11.7. The highest BCUT2D eigenvalue weighted by Crippen LogP contribution is 2.19. The standard InChI is InChI=1S/C14H20N4O3/c15-7-11-4-5-12(21-11)13(19)17-8-9-2-1-3-10(6-9)18-14(16)20/h1-3,6,11-12H,4-5,7-8,15H2,(H,17,19)(H3,16,18,20)/t11-,12+/m1/s1. The van der Waals surface area contributed by atoms with Crippen LogP contribution in [-0.2, 0) is 16.1 Å². The van der Waals surface area contributed by atoms with Gasteiger partial charge >= 0.3 is 6.03 Å². The molecular formula is C14H20N4O3. The van der Waals surface area contributed by atoms with E-state index in [1.807, 2.05) is 6.07 Å². The van der Waals surface area contributed by atoms with Crippen LogP contribution in [0.5, 0.6) is 0 Å². The molecule has 0 radical (unpaired) electrons. The molecule has 7 nitrogen and oxygen atoms in total. The monoisotopic (exact) mass is 292 g/mol. The molecule has 7 heteroatoms. The van der Waals surface area contributed by atoms with Crippen LogP contribution in [0.25, 0.3) is 0 Å². The summed E-state index contributed by atoms with van der Waals surface area (Å²) >= 11 is 0. The molecule has 6 N–H and O–H groups in total. The van der Waals surface area contributed by atoms with Crippen molar-refractivity contribution < 1.29 is 14.3 Å². The Hall–Kier alpha value is -2.12. The number of benzene rings is 1. The largest absolute Gasteiger partial charge is 0.364 e. The minimum Gasteiger partial charge on any atom is -0.364 e. The summed E-state index contributed by atoms with van der Waals surface area (Å²) in [6.45, 7) is 0.797. The van der Waals surface area contributed by atoms with Crippen LogP contribution in [0.3, 0.4) is 0 Å². The third kappa shape index (κ3) is 4.44. The fourth-order valence-corrected chi connectivity index (χ4v) is 2.28. The van der Waals surface area contributed by atoms with Crippen molar-refractivity contribution in [2.45, 2.75) is 31.6 Å². The van der Waals surface area contributed by atoms with Crippen molar-refractivity contribution in [2.24, 2.45) is 11.5 Å². The summed E-state index contributed by atoms with van der Waals surface area (Å²) in [4.78, 5) is 22.8. The number of anilines is 1. The number of rotatable bonds is 5. The van der Waals surface area contributed by atoms with Crippen molar-refractivity contribution >= 4 is 17.6 Å². The average Bonchev–Trinajstić information content (AvgIpc) is 2.93. The number of hydrogen-bond acceptors (Lipinski definition) is 4. The maximum atomic E-state index is 12.0. The molecule has 0 aromatic heterocycles. The number of amides is 3. The minimum atomic E-state index is -0.622. The predicted octanol–water partition coefficient (Wildman–Crippen LogP) is 0.300. The first-order valence-electron chi connectivity index (χ1n) is 6.87. The number of nitrogens with two attached hydrogens (primary N) is 2. The van der Waals surface area contributed by atoms with Crippen LogP contribution < -0.4 is 22.1 Å². The lowest BCUT2D eigenvalue weighted by Crippen LogP contribution is -2.35. The Bertz CT molecular complexity index is 521. The first kappa shape index (κ1) is 15.3. The molecule has 0 bridgehead atoms. The molecule has 1 aliphatic rings. The van der Waals surface area contributed by atoms with Crippen LogP contribution in [0.4, 0.5) is 10.5 Å². The highest BCUT2D eigenvalue weighted by Gasteiger charge is 2.29. The lowest BCUT2D eigenvalue weighted by Gasteiger charge is -2.13. The van der Waals surface area contributed by atoms with Crippen LogP contribution in [0.1, 0.15) is 18.4 Å². The van der Waals surface area contributed by atoms with Gasteiger partial charge in [0, 0.05) is 18.8 Å². The van der Waals surface area contributed by atoms with Gasteiger partial charge in [-0.2, -0.15) is 0 Å². The second-order valence-corrected chi connectivity index (χ2v) is 4.97. The second-order valence-electron chi connectivity index (χ2n) is 4.97. The highest BCUT2D eigenvalue weighted by atomic mass is 16.5. The Morgan fingerprint density at radius 3 is 2.81 bits per heavy atom. The van der Waals surface area contributed by atoms with Gasteiger partial charge in [-0.1, -0.05) is 12.1 Å². The third-order valence-electron chi connectivity index (χ3n) is 3.32. The Morgan fingerprint density at radius 2 is 2.14 bits per heavy atom. The quantitative estimate of drug-likeness (QED) is 0.624. The lowest BCUT2D eigenvalue weighted by atomic mass is 10.1. The van der Waals surface area contributed by atoms with E-state index in [-0.39, 0.29) is 12.0 Å². The zero-order chi connectivity index (χ0) is 15.2. The summed E-state index contributed by atoms with van der Waals surface area (Å²) in [5.74, 6) is -0.140. The van der Waals surface area contributed by atoms with E-state index in [1.165, 1.54) is 0 Å². The molecule has 1 heterocycles. The summed E-state index contributed by atoms with van der Waals surface area (Å²) in [5.41, 5.74) is 12.0. The molecule has 1 aliphatic heterocycles. The van der Waals surface area contributed by atoms with E-state index < -0.39 is 12.1 Å². The number of hydrogen-bond donors (Lipinski definition) is 4. The second kappa shape index (κ2) is 7.05. The summed E-state index contributed by atoms with van der Waals surface area (Å²) < 4.78 is 5.53. The molecular weight excluding hydrogens is 272 g/mol. The molecule has 1 fully saturated rings. The number of primary amides is 1. The molecule has 114 valence electrons. The first-order valence-corrected chi connectivity index (χ1v) is 6.87. The summed E-state index contributed by atoms with van der Waals surface area (Å²) in [6, 6.07) is 6.49. The Kier molecular flexibility index (Phi) is 5.13. The Balaban J connectivity index is 1.85. The fraction of sp³-hybridized carbons (Fsp3) is 0.429. The van der Waals surface area contributed by atoms with E-state index in [0.29, 0.717) is 25.2 Å². The van der Waals surface area contributed by atoms with Crippen molar-refractivity contribution in [1.82, 2.24) is 5.32 Å². The number of carbonyl (C=O) groups is 2. The van der Waals surface area contributed by atoms with E-state index in [4.69, 9.17) is 16.2 Å². The molecule has 0 unspecified atom stereocenters. The fourth-order valence-electron chi connectivity index (χ4n) is 2.28. The zero-order valence-corrected chi connectivity index (χ0v) is 11.7. The van der Waals surface area contributed by atoms with Gasteiger partial charge in [-0.15, -0.1) is 0 Å². The Morgan fingerprint density at radius 1 is 1.33 bits per heavy atom. The van der Waals surface area contributed by atoms with Crippen molar-refractivity contribution in [1.29, 1.82) is 0 Å². The SMILES string of the molecule is NC[C@H]1CC[C@@H](C(=O)NCc2cccc(NC(N)=O)c2)O1. The van der Waals surface area contributed by atoms with Gasteiger partial charge in [-0.3, -0.25) is 4.79 Å². The van der Waals surface area contributed by atoms with Gasteiger partial charge in [-0.05, 0) is 30.5 Å². The smallest absolute Gasteiger partial charge is 0.316 e. The van der Waals surface area contributed by atoms with E-state index in [2.05, 4.69) is 10.6 Å². The topological polar surface area (TPSA) is 119 Å². The molecule has 0 saturated carbocycles. The number of ether oxygens (including phenoxy) is 1. The molecule has 21 heavy (non-hydrogen) atoms. The van der Waals surface area contributed by atoms with Gasteiger partial charge in [0.25, 0.3) is 0 Å². The van der Waals surface area contributed by atoms with E-state index in [1.54, 1.807) is 18.2 Å². The molecule has 1 aromatic carbocycles. The average molecular weight is 292 g/mol. The first-order chi connectivity index (χ1) is 10.1. The third-order valence-corrected chi connectivity index (χ3v) is 3.32. The van der Waals surface area contributed by atoms with Crippen molar-refractivity contribution in [3.8, 4) is 0 Å². The normalized spacial score (nSPS) is 21.0. The van der Waals surface area contributed by atoms with Gasteiger partial charge < -0.3 is 26.8 Å². The van der Waals surface area contributed by atoms with Gasteiger partial charge in [-0.25, -0.2) is 4.79 Å². The van der Waals surface area contributed by atoms with Gasteiger partial charge in [0.1, 0.15) is 6.10 Å². The molecule has 3 amide bonds. The van der Waals surface area contributed by atoms with Gasteiger partial charge in [0.2, 0.25) is 5.91 Å². The van der Waals surface area contributed by atoms with Crippen LogP contribution >= 0.6 is 0 Å². The number of carbonyl (C=O) groups excluding carboxylic acids is 2. The molecule has 2 atom stereocenters. The van der Waals surface area contributed by atoms with Crippen molar-refractivity contribution in [2.75, 3.05) is 11.9 Å². The molecule has 2 rings (SSSR count). The van der Waals surface area contributed by atoms with Gasteiger partial charge in [0.05, 0.1) is 6.10 Å². The van der Waals surface area contributed by atoms with Crippen molar-refractivity contribution in [3.05, 3.63) is 29.8 Å². The summed E-state index contributed by atoms with van der Waals surface area (Å²) in [6.07, 6.45) is 1.05. The van der Waals surface area contributed by atoms with Gasteiger partial charge in [0.15, 0.2) is 0 Å². The van der Waals surface area contributed by atoms with Crippen molar-refractivity contribution in [3.63, 3.8) is 0 Å². The summed E-state index contributed by atoms with van der Waals surface area (Å²) in [7, 11) is 0. The number of urea groups is 1. The molecule has 0 aliphatic carbocycles. The molecule has 1 saturated heterocycles. The van der Waals surface area contributed by atoms with Crippen LogP contribution in [0.15, 0.2) is 24.3 Å².